The molecule has 0 aliphatic carbocycles. The van der Waals surface area contributed by atoms with Crippen LogP contribution in [0.5, 0.6) is 5.75 Å². The van der Waals surface area contributed by atoms with Crippen LogP contribution in [0.4, 0.5) is 24.5 Å². The first kappa shape index (κ1) is 28.6. The Morgan fingerprint density at radius 3 is 2.49 bits per heavy atom. The van der Waals surface area contributed by atoms with Gasteiger partial charge in [-0.3, -0.25) is 0 Å². The van der Waals surface area contributed by atoms with E-state index in [1.165, 1.54) is 29.9 Å². The van der Waals surface area contributed by atoms with Gasteiger partial charge in [-0.1, -0.05) is 12.0 Å². The average Bonchev–Trinajstić information content (AvgIpc) is 3.17. The number of aromatic nitrogens is 1. The van der Waals surface area contributed by atoms with Crippen LogP contribution in [0.25, 0.3) is 10.9 Å². The van der Waals surface area contributed by atoms with Crippen LogP contribution in [-0.4, -0.2) is 51.1 Å². The molecule has 39 heavy (non-hydrogen) atoms. The Morgan fingerprint density at radius 2 is 1.85 bits per heavy atom. The maximum Gasteiger partial charge on any atom is 0.406 e. The summed E-state index contributed by atoms with van der Waals surface area (Å²) in [6, 6.07) is 11.1. The highest BCUT2D eigenvalue weighted by Crippen LogP contribution is 2.32. The van der Waals surface area contributed by atoms with Crippen LogP contribution in [0.3, 0.4) is 0 Å². The highest BCUT2D eigenvalue weighted by atomic mass is 32.2. The fourth-order valence-corrected chi connectivity index (χ4v) is 5.40. The van der Waals surface area contributed by atoms with Crippen LogP contribution in [0.15, 0.2) is 47.4 Å². The molecule has 1 saturated heterocycles. The Labute approximate surface area is 225 Å². The number of methoxy groups -OCH3 is 1. The first-order valence-corrected chi connectivity index (χ1v) is 13.9. The van der Waals surface area contributed by atoms with Crippen molar-refractivity contribution in [3.05, 3.63) is 48.2 Å². The van der Waals surface area contributed by atoms with Crippen molar-refractivity contribution in [3.63, 3.8) is 0 Å². The summed E-state index contributed by atoms with van der Waals surface area (Å²) in [5.41, 5.74) is 1.87. The van der Waals surface area contributed by atoms with Gasteiger partial charge in [0.15, 0.2) is 0 Å². The zero-order valence-electron chi connectivity index (χ0n) is 21.8. The van der Waals surface area contributed by atoms with Crippen molar-refractivity contribution >= 4 is 32.3 Å². The van der Waals surface area contributed by atoms with Crippen LogP contribution >= 0.6 is 0 Å². The maximum atomic E-state index is 13.5. The van der Waals surface area contributed by atoms with Crippen LogP contribution in [-0.2, 0) is 21.3 Å². The number of hydrogen-bond acceptors (Lipinski definition) is 6. The number of rotatable bonds is 7. The van der Waals surface area contributed by atoms with Gasteiger partial charge < -0.3 is 24.7 Å². The van der Waals surface area contributed by atoms with Crippen molar-refractivity contribution in [1.29, 1.82) is 0 Å². The lowest BCUT2D eigenvalue weighted by atomic mass is 9.99. The molecule has 12 heteroatoms. The zero-order chi connectivity index (χ0) is 28.4. The molecule has 0 radical (unpaired) electrons. The number of primary sulfonamides is 1. The van der Waals surface area contributed by atoms with Gasteiger partial charge in [-0.2, -0.15) is 13.2 Å². The molecule has 0 bridgehead atoms. The van der Waals surface area contributed by atoms with Crippen molar-refractivity contribution in [1.82, 2.24) is 4.57 Å². The van der Waals surface area contributed by atoms with E-state index >= 15 is 0 Å². The summed E-state index contributed by atoms with van der Waals surface area (Å²) in [6.45, 7) is 2.92. The molecule has 0 spiro atoms. The fraction of sp³-hybridized carbons (Fsp3) is 0.407. The van der Waals surface area contributed by atoms with E-state index in [0.29, 0.717) is 16.6 Å². The number of sulfonamides is 1. The minimum Gasteiger partial charge on any atom is -0.495 e. The van der Waals surface area contributed by atoms with Crippen molar-refractivity contribution in [2.75, 3.05) is 24.3 Å². The first-order valence-electron chi connectivity index (χ1n) is 12.4. The molecular formula is C27H31F3N4O4S. The van der Waals surface area contributed by atoms with E-state index in [9.17, 15) is 21.6 Å². The highest BCUT2D eigenvalue weighted by molar-refractivity contribution is 7.89. The van der Waals surface area contributed by atoms with E-state index < -0.39 is 22.7 Å². The Kier molecular flexibility index (Phi) is 8.34. The van der Waals surface area contributed by atoms with E-state index in [1.807, 2.05) is 19.9 Å². The molecule has 2 heterocycles. The minimum absolute atomic E-state index is 0.0710. The molecule has 0 saturated carbocycles. The van der Waals surface area contributed by atoms with E-state index in [4.69, 9.17) is 14.6 Å². The van der Waals surface area contributed by atoms with E-state index in [2.05, 4.69) is 22.5 Å². The predicted molar refractivity (Wildman–Crippen MR) is 144 cm³/mol. The summed E-state index contributed by atoms with van der Waals surface area (Å²) in [4.78, 5) is -0.110. The lowest BCUT2D eigenvalue weighted by Gasteiger charge is -2.33. The number of alkyl halides is 3. The summed E-state index contributed by atoms with van der Waals surface area (Å²) in [6.07, 6.45) is -2.67. The Balaban J connectivity index is 1.61. The van der Waals surface area contributed by atoms with Gasteiger partial charge in [0.2, 0.25) is 10.0 Å². The van der Waals surface area contributed by atoms with Crippen LogP contribution in [0.2, 0.25) is 0 Å². The van der Waals surface area contributed by atoms with Crippen molar-refractivity contribution in [2.45, 2.75) is 62.6 Å². The zero-order valence-corrected chi connectivity index (χ0v) is 22.6. The summed E-state index contributed by atoms with van der Waals surface area (Å²) in [7, 11) is -2.53. The summed E-state index contributed by atoms with van der Waals surface area (Å²) in [5, 5.41) is 12.3. The predicted octanol–water partition coefficient (Wildman–Crippen LogP) is 4.69. The topological polar surface area (TPSA) is 108 Å². The van der Waals surface area contributed by atoms with Crippen molar-refractivity contribution in [3.8, 4) is 17.6 Å². The normalized spacial score (nSPS) is 19.8. The number of nitrogens with two attached hydrogens (primary N) is 1. The summed E-state index contributed by atoms with van der Waals surface area (Å²) in [5.74, 6) is 5.96. The maximum absolute atomic E-state index is 13.5. The van der Waals surface area contributed by atoms with Gasteiger partial charge >= 0.3 is 6.18 Å². The smallest absolute Gasteiger partial charge is 0.406 e. The largest absolute Gasteiger partial charge is 0.495 e. The molecule has 2 aromatic carbocycles. The second-order valence-electron chi connectivity index (χ2n) is 9.60. The second-order valence-corrected chi connectivity index (χ2v) is 11.2. The highest BCUT2D eigenvalue weighted by Gasteiger charge is 2.30. The number of fused-ring (bicyclic) bond motifs is 1. The van der Waals surface area contributed by atoms with Crippen LogP contribution < -0.4 is 20.5 Å². The number of hydrogen-bond donors (Lipinski definition) is 3. The Hall–Kier alpha value is -3.40. The van der Waals surface area contributed by atoms with Crippen LogP contribution in [0, 0.1) is 11.8 Å². The van der Waals surface area contributed by atoms with Gasteiger partial charge in [-0.05, 0) is 62.9 Å². The summed E-state index contributed by atoms with van der Waals surface area (Å²) >= 11 is 0. The van der Waals surface area contributed by atoms with Gasteiger partial charge in [0.25, 0.3) is 0 Å². The van der Waals surface area contributed by atoms with Gasteiger partial charge in [0, 0.05) is 23.2 Å². The molecule has 4 rings (SSSR count). The minimum atomic E-state index is -4.44. The molecule has 0 amide bonds. The fourth-order valence-electron chi connectivity index (χ4n) is 4.88. The van der Waals surface area contributed by atoms with E-state index in [0.717, 1.165) is 18.5 Å². The molecule has 3 atom stereocenters. The second kappa shape index (κ2) is 11.4. The van der Waals surface area contributed by atoms with Crippen molar-refractivity contribution < 1.29 is 31.1 Å². The van der Waals surface area contributed by atoms with Gasteiger partial charge in [0.05, 0.1) is 47.7 Å². The third-order valence-corrected chi connectivity index (χ3v) is 7.34. The van der Waals surface area contributed by atoms with Crippen LogP contribution in [0.1, 0.15) is 32.4 Å². The standard InChI is InChI=1S/C27H31F3N4O4S/c1-17-12-19(13-18(2)38-17)33-23-7-4-8-25-22(23)14-20(34(25)16-27(28,29)30)6-5-11-32-24-10-9-21(39(31,35)36)15-26(24)37-3/h4,7-10,14-15,17-19,32-33H,11-13,16H2,1-3H3,(H2,31,35,36)/t17-,18+,19-. The molecule has 210 valence electrons. The first-order chi connectivity index (χ1) is 18.3. The molecule has 1 aliphatic rings. The SMILES string of the molecule is COc1cc(S(N)(=O)=O)ccc1NCC#Cc1cc2c(N[C@@H]3C[C@@H](C)O[C@@H](C)C3)cccc2n1CC(F)(F)F. The number of anilines is 2. The third-order valence-electron chi connectivity index (χ3n) is 6.43. The molecule has 0 unspecified atom stereocenters. The Morgan fingerprint density at radius 1 is 1.13 bits per heavy atom. The lowest BCUT2D eigenvalue weighted by Crippen LogP contribution is -2.36. The number of benzene rings is 2. The molecule has 8 nitrogen and oxygen atoms in total. The molecule has 1 fully saturated rings. The van der Waals surface area contributed by atoms with Gasteiger partial charge in [-0.15, -0.1) is 0 Å². The average molecular weight is 565 g/mol. The Bertz CT molecular complexity index is 1500. The third kappa shape index (κ3) is 7.17. The monoisotopic (exact) mass is 564 g/mol. The number of nitrogens with zero attached hydrogens (tertiary/aromatic N) is 1. The molecule has 4 N–H and O–H groups in total. The van der Waals surface area contributed by atoms with Gasteiger partial charge in [0.1, 0.15) is 12.3 Å². The number of nitrogens with one attached hydrogen (secondary N) is 2. The van der Waals surface area contributed by atoms with Crippen molar-refractivity contribution in [2.24, 2.45) is 5.14 Å². The molecule has 1 aromatic heterocycles. The van der Waals surface area contributed by atoms with E-state index in [-0.39, 0.29) is 41.1 Å². The number of halogens is 3. The quantitative estimate of drug-likeness (QED) is 0.360. The lowest BCUT2D eigenvalue weighted by molar-refractivity contribution is -0.140. The molecular weight excluding hydrogens is 533 g/mol. The summed E-state index contributed by atoms with van der Waals surface area (Å²) < 4.78 is 75.9. The molecule has 3 aromatic rings. The number of ether oxygens (including phenoxy) is 2. The van der Waals surface area contributed by atoms with E-state index in [1.54, 1.807) is 18.2 Å². The van der Waals surface area contributed by atoms with Gasteiger partial charge in [-0.25, -0.2) is 13.6 Å². The molecule has 1 aliphatic heterocycles.